The van der Waals surface area contributed by atoms with Gasteiger partial charge in [0.2, 0.25) is 0 Å². The molecule has 4 nitrogen and oxygen atoms in total. The average molecular weight is 382 g/mol. The van der Waals surface area contributed by atoms with E-state index in [1.54, 1.807) is 17.0 Å². The van der Waals surface area contributed by atoms with E-state index in [1.165, 1.54) is 31.4 Å². The van der Waals surface area contributed by atoms with E-state index < -0.39 is 11.9 Å². The number of carbonyl (C=O) groups excluding carboxylic acids is 1. The van der Waals surface area contributed by atoms with Gasteiger partial charge in [0.1, 0.15) is 5.82 Å². The molecule has 0 aromatic heterocycles. The highest BCUT2D eigenvalue weighted by molar-refractivity contribution is 6.06. The summed E-state index contributed by atoms with van der Waals surface area (Å²) in [6.45, 7) is 3.33. The smallest absolute Gasteiger partial charge is 0.261 e. The molecule has 1 fully saturated rings. The minimum atomic E-state index is -0.527. The van der Waals surface area contributed by atoms with E-state index in [-0.39, 0.29) is 11.5 Å². The Morgan fingerprint density at radius 3 is 2.61 bits per heavy atom. The molecule has 1 atom stereocenters. The van der Waals surface area contributed by atoms with E-state index in [1.807, 2.05) is 18.2 Å². The van der Waals surface area contributed by atoms with Crippen LogP contribution in [0.25, 0.3) is 0 Å². The molecule has 0 saturated carbocycles. The maximum atomic E-state index is 14.1. The van der Waals surface area contributed by atoms with Gasteiger partial charge < -0.3 is 14.9 Å². The molecular formula is C23H27FN2O2. The quantitative estimate of drug-likeness (QED) is 0.871. The first-order chi connectivity index (χ1) is 13.6. The van der Waals surface area contributed by atoms with Gasteiger partial charge in [-0.1, -0.05) is 30.7 Å². The second-order valence-corrected chi connectivity index (χ2v) is 7.81. The number of piperidine rings is 1. The molecule has 0 aliphatic carbocycles. The van der Waals surface area contributed by atoms with Crippen molar-refractivity contribution in [3.8, 4) is 0 Å². The molecule has 148 valence electrons. The summed E-state index contributed by atoms with van der Waals surface area (Å²) in [4.78, 5) is 16.9. The van der Waals surface area contributed by atoms with Gasteiger partial charge in [-0.05, 0) is 68.1 Å². The monoisotopic (exact) mass is 382 g/mol. The van der Waals surface area contributed by atoms with Crippen LogP contribution in [0.1, 0.15) is 53.3 Å². The van der Waals surface area contributed by atoms with Crippen molar-refractivity contribution in [3.05, 3.63) is 65.0 Å². The Morgan fingerprint density at radius 1 is 1.04 bits per heavy atom. The molecule has 2 aliphatic heterocycles. The Hall–Kier alpha value is -2.24. The van der Waals surface area contributed by atoms with Crippen LogP contribution >= 0.6 is 0 Å². The van der Waals surface area contributed by atoms with Crippen LogP contribution in [0.2, 0.25) is 0 Å². The van der Waals surface area contributed by atoms with Crippen LogP contribution in [0.5, 0.6) is 0 Å². The van der Waals surface area contributed by atoms with Crippen LogP contribution in [0.4, 0.5) is 10.1 Å². The standard InChI is InChI=1S/C23H27FN2O2/c24-20-9-3-2-8-19(20)23(28)26-14-6-7-17-15-18(10-11-21(17)26)22(27)16-25-12-4-1-5-13-25/h2-3,8-11,15,22,27H,1,4-7,12-14,16H2/t22-/m1/s1. The van der Waals surface area contributed by atoms with Gasteiger partial charge in [0, 0.05) is 18.8 Å². The van der Waals surface area contributed by atoms with Crippen molar-refractivity contribution < 1.29 is 14.3 Å². The Morgan fingerprint density at radius 2 is 1.82 bits per heavy atom. The molecule has 1 N–H and O–H groups in total. The molecule has 1 saturated heterocycles. The first-order valence-electron chi connectivity index (χ1n) is 10.2. The molecule has 5 heteroatoms. The van der Waals surface area contributed by atoms with Crippen molar-refractivity contribution in [2.75, 3.05) is 31.1 Å². The predicted octanol–water partition coefficient (Wildman–Crippen LogP) is 3.94. The van der Waals surface area contributed by atoms with Gasteiger partial charge in [-0.15, -0.1) is 0 Å². The maximum Gasteiger partial charge on any atom is 0.261 e. The number of aryl methyl sites for hydroxylation is 1. The lowest BCUT2D eigenvalue weighted by Crippen LogP contribution is -2.36. The third-order valence-corrected chi connectivity index (χ3v) is 5.84. The molecule has 2 aromatic rings. The van der Waals surface area contributed by atoms with Gasteiger partial charge >= 0.3 is 0 Å². The lowest BCUT2D eigenvalue weighted by atomic mass is 9.96. The number of benzene rings is 2. The molecule has 2 aromatic carbocycles. The van der Waals surface area contributed by atoms with Crippen molar-refractivity contribution in [1.29, 1.82) is 0 Å². The van der Waals surface area contributed by atoms with Crippen molar-refractivity contribution in [3.63, 3.8) is 0 Å². The Labute approximate surface area is 165 Å². The number of amides is 1. The number of carbonyl (C=O) groups is 1. The van der Waals surface area contributed by atoms with Crippen LogP contribution in [0, 0.1) is 5.82 Å². The zero-order valence-electron chi connectivity index (χ0n) is 16.1. The lowest BCUT2D eigenvalue weighted by molar-refractivity contribution is 0.0981. The number of fused-ring (bicyclic) bond motifs is 1. The second kappa shape index (κ2) is 8.41. The maximum absolute atomic E-state index is 14.1. The third kappa shape index (κ3) is 3.96. The van der Waals surface area contributed by atoms with Crippen LogP contribution in [0.15, 0.2) is 42.5 Å². The minimum absolute atomic E-state index is 0.101. The largest absolute Gasteiger partial charge is 0.387 e. The fraction of sp³-hybridized carbons (Fsp3) is 0.435. The van der Waals surface area contributed by atoms with Gasteiger partial charge in [-0.2, -0.15) is 0 Å². The number of likely N-dealkylation sites (tertiary alicyclic amines) is 1. The number of halogens is 1. The normalized spacial score (nSPS) is 18.6. The Balaban J connectivity index is 1.54. The number of hydrogen-bond donors (Lipinski definition) is 1. The SMILES string of the molecule is O=C(c1ccccc1F)N1CCCc2cc([C@H](O)CN3CCCCC3)ccc21. The summed E-state index contributed by atoms with van der Waals surface area (Å²) in [5.41, 5.74) is 2.87. The average Bonchev–Trinajstić information content (AvgIpc) is 2.73. The minimum Gasteiger partial charge on any atom is -0.387 e. The summed E-state index contributed by atoms with van der Waals surface area (Å²) in [6.07, 6.45) is 4.84. The number of nitrogens with zero attached hydrogens (tertiary/aromatic N) is 2. The van der Waals surface area contributed by atoms with E-state index in [4.69, 9.17) is 0 Å². The number of aliphatic hydroxyl groups is 1. The fourth-order valence-electron chi connectivity index (χ4n) is 4.31. The summed E-state index contributed by atoms with van der Waals surface area (Å²) in [5, 5.41) is 10.7. The van der Waals surface area contributed by atoms with Gasteiger partial charge in [-0.3, -0.25) is 4.79 Å². The van der Waals surface area contributed by atoms with E-state index in [9.17, 15) is 14.3 Å². The topological polar surface area (TPSA) is 43.8 Å². The van der Waals surface area contributed by atoms with Crippen molar-refractivity contribution >= 4 is 11.6 Å². The summed E-state index contributed by atoms with van der Waals surface area (Å²) < 4.78 is 14.1. The highest BCUT2D eigenvalue weighted by Gasteiger charge is 2.26. The molecule has 2 aliphatic rings. The lowest BCUT2D eigenvalue weighted by Gasteiger charge is -2.31. The molecule has 28 heavy (non-hydrogen) atoms. The van der Waals surface area contributed by atoms with Gasteiger partial charge in [0.25, 0.3) is 5.91 Å². The van der Waals surface area contributed by atoms with Crippen LogP contribution in [-0.2, 0) is 6.42 Å². The Bertz CT molecular complexity index is 848. The molecule has 2 heterocycles. The van der Waals surface area contributed by atoms with Gasteiger partial charge in [0.05, 0.1) is 11.7 Å². The number of hydrogen-bond acceptors (Lipinski definition) is 3. The first kappa shape index (κ1) is 19.1. The van der Waals surface area contributed by atoms with Gasteiger partial charge in [-0.25, -0.2) is 4.39 Å². The van der Waals surface area contributed by atoms with Crippen LogP contribution in [0.3, 0.4) is 0 Å². The van der Waals surface area contributed by atoms with Crippen molar-refractivity contribution in [1.82, 2.24) is 4.90 Å². The highest BCUT2D eigenvalue weighted by Crippen LogP contribution is 2.31. The van der Waals surface area contributed by atoms with Crippen molar-refractivity contribution in [2.24, 2.45) is 0 Å². The number of aliphatic hydroxyl groups excluding tert-OH is 1. The van der Waals surface area contributed by atoms with E-state index in [2.05, 4.69) is 4.90 Å². The van der Waals surface area contributed by atoms with E-state index in [0.717, 1.165) is 42.7 Å². The molecule has 4 rings (SSSR count). The zero-order chi connectivity index (χ0) is 19.5. The molecule has 1 amide bonds. The second-order valence-electron chi connectivity index (χ2n) is 7.81. The molecule has 0 radical (unpaired) electrons. The third-order valence-electron chi connectivity index (χ3n) is 5.84. The molecule has 0 spiro atoms. The predicted molar refractivity (Wildman–Crippen MR) is 108 cm³/mol. The van der Waals surface area contributed by atoms with Gasteiger partial charge in [0.15, 0.2) is 0 Å². The number of anilines is 1. The van der Waals surface area contributed by atoms with Crippen LogP contribution < -0.4 is 4.90 Å². The summed E-state index contributed by atoms with van der Waals surface area (Å²) in [5.74, 6) is -0.797. The zero-order valence-corrected chi connectivity index (χ0v) is 16.1. The summed E-state index contributed by atoms with van der Waals surface area (Å²) in [7, 11) is 0. The van der Waals surface area contributed by atoms with Crippen molar-refractivity contribution in [2.45, 2.75) is 38.2 Å². The number of β-amino-alcohol motifs (C(OH)–C–C–N with tert-alkyl or cyclic N) is 1. The molecular weight excluding hydrogens is 355 g/mol. The molecule has 0 bridgehead atoms. The fourth-order valence-corrected chi connectivity index (χ4v) is 4.31. The first-order valence-corrected chi connectivity index (χ1v) is 10.2. The Kier molecular flexibility index (Phi) is 5.74. The number of rotatable bonds is 4. The van der Waals surface area contributed by atoms with E-state index in [0.29, 0.717) is 13.1 Å². The summed E-state index contributed by atoms with van der Waals surface area (Å²) in [6, 6.07) is 11.9. The van der Waals surface area contributed by atoms with Crippen LogP contribution in [-0.4, -0.2) is 42.1 Å². The highest BCUT2D eigenvalue weighted by atomic mass is 19.1. The van der Waals surface area contributed by atoms with E-state index >= 15 is 0 Å². The molecule has 0 unspecified atom stereocenters. The summed E-state index contributed by atoms with van der Waals surface area (Å²) >= 11 is 0.